The van der Waals surface area contributed by atoms with E-state index in [-0.39, 0.29) is 11.3 Å². The molecule has 0 radical (unpaired) electrons. The Morgan fingerprint density at radius 1 is 1.00 bits per heavy atom. The quantitative estimate of drug-likeness (QED) is 0.358. The van der Waals surface area contributed by atoms with E-state index in [2.05, 4.69) is 25.7 Å². The molecule has 0 saturated heterocycles. The number of nitrogens with zero attached hydrogens (tertiary/aromatic N) is 1. The van der Waals surface area contributed by atoms with E-state index in [4.69, 9.17) is 4.74 Å². The van der Waals surface area contributed by atoms with Gasteiger partial charge in [0, 0.05) is 19.9 Å². The molecule has 0 aliphatic heterocycles. The third kappa shape index (κ3) is 7.02. The lowest BCUT2D eigenvalue weighted by Gasteiger charge is -2.22. The fraction of sp³-hybridized carbons (Fsp3) is 0.296. The Kier molecular flexibility index (Phi) is 8.60. The highest BCUT2D eigenvalue weighted by atomic mass is 19.1. The second-order valence-corrected chi connectivity index (χ2v) is 8.87. The van der Waals surface area contributed by atoms with Crippen LogP contribution in [-0.4, -0.2) is 43.5 Å². The average Bonchev–Trinajstić information content (AvgIpc) is 2.85. The van der Waals surface area contributed by atoms with Crippen molar-refractivity contribution in [3.05, 3.63) is 66.1 Å². The highest BCUT2D eigenvalue weighted by Gasteiger charge is 2.17. The zero-order chi connectivity index (χ0) is 26.3. The van der Waals surface area contributed by atoms with Crippen LogP contribution in [0.5, 0.6) is 0 Å². The Labute approximate surface area is 210 Å². The Bertz CT molecular complexity index is 1250. The van der Waals surface area contributed by atoms with Crippen LogP contribution in [0, 0.1) is 12.7 Å². The second-order valence-electron chi connectivity index (χ2n) is 8.87. The lowest BCUT2D eigenvalue weighted by Crippen LogP contribution is -2.34. The fourth-order valence-electron chi connectivity index (χ4n) is 3.53. The number of pyridine rings is 1. The van der Waals surface area contributed by atoms with Gasteiger partial charge in [0.2, 0.25) is 0 Å². The maximum absolute atomic E-state index is 14.7. The molecule has 0 bridgehead atoms. The van der Waals surface area contributed by atoms with Crippen LogP contribution in [0.2, 0.25) is 0 Å². The van der Waals surface area contributed by atoms with Crippen LogP contribution >= 0.6 is 0 Å². The molecule has 0 fully saturated rings. The largest absolute Gasteiger partial charge is 0.453 e. The maximum Gasteiger partial charge on any atom is 0.412 e. The molecule has 1 aromatic heterocycles. The maximum atomic E-state index is 14.7. The number of carbonyl (C=O) groups excluding carboxylic acids is 2. The zero-order valence-corrected chi connectivity index (χ0v) is 21.1. The Morgan fingerprint density at radius 2 is 1.72 bits per heavy atom. The number of aryl methyl sites for hydroxylation is 1. The number of aromatic nitrogens is 1. The van der Waals surface area contributed by atoms with Gasteiger partial charge in [-0.25, -0.2) is 19.0 Å². The topological polar surface area (TPSA) is 102 Å². The van der Waals surface area contributed by atoms with Gasteiger partial charge < -0.3 is 20.1 Å². The van der Waals surface area contributed by atoms with Crippen molar-refractivity contribution < 1.29 is 23.5 Å². The summed E-state index contributed by atoms with van der Waals surface area (Å²) in [7, 11) is 2.90. The molecular formula is C27H31FN4O4. The third-order valence-electron chi connectivity index (χ3n) is 5.81. The molecule has 0 aliphatic rings. The fourth-order valence-corrected chi connectivity index (χ4v) is 3.53. The molecule has 36 heavy (non-hydrogen) atoms. The van der Waals surface area contributed by atoms with Gasteiger partial charge in [-0.15, -0.1) is 0 Å². The smallest absolute Gasteiger partial charge is 0.412 e. The van der Waals surface area contributed by atoms with E-state index in [0.717, 1.165) is 27.8 Å². The highest BCUT2D eigenvalue weighted by Crippen LogP contribution is 2.32. The first-order valence-corrected chi connectivity index (χ1v) is 11.4. The number of amides is 3. The van der Waals surface area contributed by atoms with Gasteiger partial charge in [-0.1, -0.05) is 18.2 Å². The van der Waals surface area contributed by atoms with Crippen molar-refractivity contribution in [1.82, 2.24) is 10.3 Å². The van der Waals surface area contributed by atoms with Gasteiger partial charge >= 0.3 is 12.1 Å². The number of halogens is 1. The average molecular weight is 495 g/mol. The minimum atomic E-state index is -0.609. The first kappa shape index (κ1) is 26.6. The normalized spacial score (nSPS) is 11.1. The van der Waals surface area contributed by atoms with Crippen LogP contribution in [-0.2, 0) is 9.47 Å². The number of methoxy groups -OCH3 is 2. The lowest BCUT2D eigenvalue weighted by atomic mass is 9.96. The minimum absolute atomic E-state index is 0.0815. The van der Waals surface area contributed by atoms with Gasteiger partial charge in [0.05, 0.1) is 18.4 Å². The predicted molar refractivity (Wildman–Crippen MR) is 139 cm³/mol. The van der Waals surface area contributed by atoms with Crippen molar-refractivity contribution in [3.63, 3.8) is 0 Å². The molecule has 3 rings (SSSR count). The number of benzene rings is 2. The van der Waals surface area contributed by atoms with Gasteiger partial charge in [-0.3, -0.25) is 5.32 Å². The number of urea groups is 1. The molecule has 1 heterocycles. The second kappa shape index (κ2) is 11.6. The standard InChI is InChI=1S/C27H31FN4O4/c1-17-13-22(28)23(31-25(33)30-12-10-27(2,3)36-5)16-21(17)20-8-6-7-18(14-20)19-9-11-29-24(15-19)32-26(34)35-4/h6-9,11,13-16H,10,12H2,1-5H3,(H,29,32,34)(H2,30,31,33). The SMILES string of the molecule is COC(=O)Nc1cc(-c2cccc(-c3cc(NC(=O)NCCC(C)(C)OC)c(F)cc3C)c2)ccn1. The molecular weight excluding hydrogens is 463 g/mol. The third-order valence-corrected chi connectivity index (χ3v) is 5.81. The van der Waals surface area contributed by atoms with Crippen molar-refractivity contribution in [3.8, 4) is 22.3 Å². The number of ether oxygens (including phenoxy) is 2. The van der Waals surface area contributed by atoms with E-state index in [1.54, 1.807) is 25.4 Å². The molecule has 2 aromatic carbocycles. The number of hydrogen-bond acceptors (Lipinski definition) is 5. The Balaban J connectivity index is 1.82. The van der Waals surface area contributed by atoms with Gasteiger partial charge in [-0.05, 0) is 85.3 Å². The molecule has 0 atom stereocenters. The molecule has 0 aliphatic carbocycles. The predicted octanol–water partition coefficient (Wildman–Crippen LogP) is 5.98. The summed E-state index contributed by atoms with van der Waals surface area (Å²) in [5.74, 6) is -0.165. The number of anilines is 2. The van der Waals surface area contributed by atoms with Crippen molar-refractivity contribution in [2.75, 3.05) is 31.4 Å². The summed E-state index contributed by atoms with van der Waals surface area (Å²) >= 11 is 0. The molecule has 9 heteroatoms. The molecule has 190 valence electrons. The van der Waals surface area contributed by atoms with Crippen LogP contribution in [0.4, 0.5) is 25.5 Å². The summed E-state index contributed by atoms with van der Waals surface area (Å²) in [5, 5.41) is 7.89. The van der Waals surface area contributed by atoms with Gasteiger partial charge in [-0.2, -0.15) is 0 Å². The van der Waals surface area contributed by atoms with E-state index >= 15 is 0 Å². The summed E-state index contributed by atoms with van der Waals surface area (Å²) in [5.41, 5.74) is 3.75. The van der Waals surface area contributed by atoms with E-state index in [0.29, 0.717) is 18.8 Å². The van der Waals surface area contributed by atoms with Crippen molar-refractivity contribution in [2.45, 2.75) is 32.8 Å². The molecule has 0 unspecified atom stereocenters. The van der Waals surface area contributed by atoms with Crippen molar-refractivity contribution in [2.24, 2.45) is 0 Å². The van der Waals surface area contributed by atoms with Crippen LogP contribution in [0.15, 0.2) is 54.7 Å². The molecule has 3 N–H and O–H groups in total. The van der Waals surface area contributed by atoms with Crippen LogP contribution in [0.3, 0.4) is 0 Å². The summed E-state index contributed by atoms with van der Waals surface area (Å²) in [6.45, 7) is 6.05. The highest BCUT2D eigenvalue weighted by molar-refractivity contribution is 5.91. The van der Waals surface area contributed by atoms with Gasteiger partial charge in [0.25, 0.3) is 0 Å². The molecule has 3 aromatic rings. The van der Waals surface area contributed by atoms with E-state index < -0.39 is 17.9 Å². The number of carbonyl (C=O) groups is 2. The molecule has 0 spiro atoms. The molecule has 3 amide bonds. The number of rotatable bonds is 8. The summed E-state index contributed by atoms with van der Waals surface area (Å²) in [6.07, 6.45) is 1.59. The summed E-state index contributed by atoms with van der Waals surface area (Å²) in [4.78, 5) is 28.0. The Hall–Kier alpha value is -3.98. The summed E-state index contributed by atoms with van der Waals surface area (Å²) in [6, 6.07) is 13.8. The minimum Gasteiger partial charge on any atom is -0.453 e. The van der Waals surface area contributed by atoms with E-state index in [1.165, 1.54) is 13.2 Å². The Morgan fingerprint density at radius 3 is 2.44 bits per heavy atom. The van der Waals surface area contributed by atoms with Crippen LogP contribution < -0.4 is 16.0 Å². The van der Waals surface area contributed by atoms with Crippen LogP contribution in [0.1, 0.15) is 25.8 Å². The van der Waals surface area contributed by atoms with Crippen LogP contribution in [0.25, 0.3) is 22.3 Å². The molecule has 8 nitrogen and oxygen atoms in total. The lowest BCUT2D eigenvalue weighted by molar-refractivity contribution is 0.0165. The number of hydrogen-bond donors (Lipinski definition) is 3. The zero-order valence-electron chi connectivity index (χ0n) is 21.1. The van der Waals surface area contributed by atoms with E-state index in [1.807, 2.05) is 51.1 Å². The van der Waals surface area contributed by atoms with E-state index in [9.17, 15) is 14.0 Å². The van der Waals surface area contributed by atoms with Gasteiger partial charge in [0.15, 0.2) is 0 Å². The van der Waals surface area contributed by atoms with Crippen molar-refractivity contribution >= 4 is 23.6 Å². The molecule has 0 saturated carbocycles. The number of nitrogens with one attached hydrogen (secondary N) is 3. The first-order chi connectivity index (χ1) is 17.1. The summed E-state index contributed by atoms with van der Waals surface area (Å²) < 4.78 is 24.6. The first-order valence-electron chi connectivity index (χ1n) is 11.4. The monoisotopic (exact) mass is 494 g/mol. The van der Waals surface area contributed by atoms with Gasteiger partial charge in [0.1, 0.15) is 11.6 Å². The van der Waals surface area contributed by atoms with Crippen molar-refractivity contribution in [1.29, 1.82) is 0 Å².